The second kappa shape index (κ2) is 14.3. The number of methoxy groups -OCH3 is 1. The molecule has 0 aliphatic carbocycles. The molecule has 214 valence electrons. The van der Waals surface area contributed by atoms with Gasteiger partial charge in [0.15, 0.2) is 0 Å². The van der Waals surface area contributed by atoms with Crippen molar-refractivity contribution in [2.45, 2.75) is 44.7 Å². The van der Waals surface area contributed by atoms with Gasteiger partial charge in [-0.25, -0.2) is 8.42 Å². The third-order valence-corrected chi connectivity index (χ3v) is 8.60. The second-order valence-corrected chi connectivity index (χ2v) is 12.5. The first-order chi connectivity index (χ1) is 19.1. The lowest BCUT2D eigenvalue weighted by Crippen LogP contribution is -2.52. The summed E-state index contributed by atoms with van der Waals surface area (Å²) in [6.45, 7) is 5.89. The summed E-state index contributed by atoms with van der Waals surface area (Å²) < 4.78 is 34.8. The summed E-state index contributed by atoms with van der Waals surface area (Å²) in [5.41, 5.74) is 1.09. The van der Waals surface area contributed by atoms with E-state index in [-0.39, 0.29) is 23.3 Å². The molecule has 8 nitrogen and oxygen atoms in total. The van der Waals surface area contributed by atoms with Gasteiger partial charge in [-0.15, -0.1) is 0 Å². The number of hydrogen-bond acceptors (Lipinski definition) is 5. The number of hydrogen-bond donors (Lipinski definition) is 1. The minimum atomic E-state index is -4.10. The number of anilines is 1. The van der Waals surface area contributed by atoms with Crippen LogP contribution in [0, 0.1) is 5.92 Å². The summed E-state index contributed by atoms with van der Waals surface area (Å²) in [5.74, 6) is 0.0589. The summed E-state index contributed by atoms with van der Waals surface area (Å²) in [6.07, 6.45) is 0.351. The van der Waals surface area contributed by atoms with E-state index in [1.807, 2.05) is 32.9 Å². The lowest BCUT2D eigenvalue weighted by molar-refractivity contribution is -0.140. The van der Waals surface area contributed by atoms with Crippen molar-refractivity contribution in [3.63, 3.8) is 0 Å². The van der Waals surface area contributed by atoms with Crippen LogP contribution in [-0.2, 0) is 26.2 Å². The molecule has 1 N–H and O–H groups in total. The van der Waals surface area contributed by atoms with E-state index in [2.05, 4.69) is 21.2 Å². The molecule has 2 amide bonds. The van der Waals surface area contributed by atoms with Gasteiger partial charge in [0.05, 0.1) is 17.7 Å². The first kappa shape index (κ1) is 31.2. The Morgan fingerprint density at radius 3 is 2.25 bits per heavy atom. The van der Waals surface area contributed by atoms with Gasteiger partial charge in [0.25, 0.3) is 10.0 Å². The topological polar surface area (TPSA) is 96.0 Å². The zero-order chi connectivity index (χ0) is 29.3. The summed E-state index contributed by atoms with van der Waals surface area (Å²) in [7, 11) is -2.55. The Morgan fingerprint density at radius 2 is 1.65 bits per heavy atom. The molecule has 40 heavy (non-hydrogen) atoms. The molecule has 0 radical (unpaired) electrons. The molecule has 0 spiro atoms. The fourth-order valence-electron chi connectivity index (χ4n) is 4.17. The number of carbonyl (C=O) groups excluding carboxylic acids is 2. The predicted molar refractivity (Wildman–Crippen MR) is 161 cm³/mol. The van der Waals surface area contributed by atoms with Crippen LogP contribution in [0.4, 0.5) is 5.69 Å². The molecule has 3 aromatic rings. The van der Waals surface area contributed by atoms with Crippen molar-refractivity contribution in [1.82, 2.24) is 10.2 Å². The fourth-order valence-corrected chi connectivity index (χ4v) is 5.86. The molecule has 0 unspecified atom stereocenters. The summed E-state index contributed by atoms with van der Waals surface area (Å²) in [6, 6.07) is 21.1. The number of nitrogens with one attached hydrogen (secondary N) is 1. The van der Waals surface area contributed by atoms with Crippen LogP contribution in [0.2, 0.25) is 0 Å². The van der Waals surface area contributed by atoms with E-state index in [1.165, 1.54) is 17.0 Å². The summed E-state index contributed by atoms with van der Waals surface area (Å²) in [4.78, 5) is 28.9. The van der Waals surface area contributed by atoms with Gasteiger partial charge in [0, 0.05) is 17.6 Å². The van der Waals surface area contributed by atoms with Crippen LogP contribution in [0.5, 0.6) is 5.75 Å². The lowest BCUT2D eigenvalue weighted by atomic mass is 10.1. The molecule has 0 saturated heterocycles. The molecule has 0 aromatic heterocycles. The lowest BCUT2D eigenvalue weighted by Gasteiger charge is -2.33. The van der Waals surface area contributed by atoms with Gasteiger partial charge in [0.1, 0.15) is 18.3 Å². The van der Waals surface area contributed by atoms with Crippen LogP contribution in [-0.4, -0.2) is 51.4 Å². The SMILES string of the molecule is CC[C@H](C(=O)NCC(C)C)N(Cc1cccc(OC)c1)C(=O)CN(c1ccc(Br)cc1)S(=O)(=O)c1ccccc1. The van der Waals surface area contributed by atoms with Crippen molar-refractivity contribution in [3.05, 3.63) is 88.9 Å². The average Bonchev–Trinajstić information content (AvgIpc) is 2.95. The first-order valence-corrected chi connectivity index (χ1v) is 15.3. The molecule has 0 heterocycles. The maximum absolute atomic E-state index is 14.1. The quantitative estimate of drug-likeness (QED) is 0.279. The van der Waals surface area contributed by atoms with Crippen molar-refractivity contribution < 1.29 is 22.7 Å². The Hall–Kier alpha value is -3.37. The van der Waals surface area contributed by atoms with Gasteiger partial charge in [-0.3, -0.25) is 13.9 Å². The molecule has 1 atom stereocenters. The van der Waals surface area contributed by atoms with Crippen molar-refractivity contribution >= 4 is 43.5 Å². The second-order valence-electron chi connectivity index (χ2n) is 9.74. The van der Waals surface area contributed by atoms with Crippen molar-refractivity contribution in [2.75, 3.05) is 24.5 Å². The van der Waals surface area contributed by atoms with Crippen LogP contribution in [0.15, 0.2) is 88.2 Å². The largest absolute Gasteiger partial charge is 0.497 e. The van der Waals surface area contributed by atoms with Crippen molar-refractivity contribution in [2.24, 2.45) is 5.92 Å². The Labute approximate surface area is 245 Å². The number of carbonyl (C=O) groups is 2. The fraction of sp³-hybridized carbons (Fsp3) is 0.333. The van der Waals surface area contributed by atoms with E-state index in [1.54, 1.807) is 61.7 Å². The highest BCUT2D eigenvalue weighted by atomic mass is 79.9. The zero-order valence-electron chi connectivity index (χ0n) is 23.2. The van der Waals surface area contributed by atoms with E-state index >= 15 is 0 Å². The zero-order valence-corrected chi connectivity index (χ0v) is 25.6. The molecule has 0 bridgehead atoms. The maximum Gasteiger partial charge on any atom is 0.264 e. The highest BCUT2D eigenvalue weighted by molar-refractivity contribution is 9.10. The van der Waals surface area contributed by atoms with Crippen LogP contribution in [0.1, 0.15) is 32.8 Å². The number of benzene rings is 3. The number of nitrogens with zero attached hydrogens (tertiary/aromatic N) is 2. The van der Waals surface area contributed by atoms with E-state index in [9.17, 15) is 18.0 Å². The van der Waals surface area contributed by atoms with Gasteiger partial charge < -0.3 is 15.0 Å². The van der Waals surface area contributed by atoms with Crippen LogP contribution in [0.25, 0.3) is 0 Å². The Bertz CT molecular complexity index is 1380. The van der Waals surface area contributed by atoms with E-state index in [0.29, 0.717) is 24.4 Å². The van der Waals surface area contributed by atoms with E-state index < -0.39 is 28.5 Å². The molecule has 3 aromatic carbocycles. The summed E-state index contributed by atoms with van der Waals surface area (Å²) in [5, 5.41) is 2.93. The highest BCUT2D eigenvalue weighted by Gasteiger charge is 2.33. The van der Waals surface area contributed by atoms with E-state index in [4.69, 9.17) is 4.74 Å². The molecular weight excluding hydrogens is 594 g/mol. The molecule has 10 heteroatoms. The molecule has 0 aliphatic heterocycles. The van der Waals surface area contributed by atoms with Gasteiger partial charge in [0.2, 0.25) is 11.8 Å². The minimum Gasteiger partial charge on any atom is -0.497 e. The Kier molecular flexibility index (Phi) is 11.2. The standard InChI is InChI=1S/C30H36BrN3O5S/c1-5-28(30(36)32-19-22(2)3)33(20-23-10-9-11-26(18-23)39-4)29(35)21-34(25-16-14-24(31)15-17-25)40(37,38)27-12-7-6-8-13-27/h6-18,22,28H,5,19-21H2,1-4H3,(H,32,36)/t28-/m1/s1. The number of ether oxygens (including phenoxy) is 1. The van der Waals surface area contributed by atoms with Crippen LogP contribution < -0.4 is 14.4 Å². The number of halogens is 1. The van der Waals surface area contributed by atoms with Crippen molar-refractivity contribution in [1.29, 1.82) is 0 Å². The molecule has 0 saturated carbocycles. The van der Waals surface area contributed by atoms with Gasteiger partial charge in [-0.2, -0.15) is 0 Å². The van der Waals surface area contributed by atoms with E-state index in [0.717, 1.165) is 14.3 Å². The minimum absolute atomic E-state index is 0.0618. The molecule has 0 aliphatic rings. The third kappa shape index (κ3) is 8.08. The molecular formula is C30H36BrN3O5S. The normalized spacial score (nSPS) is 12.1. The smallest absolute Gasteiger partial charge is 0.264 e. The number of sulfonamides is 1. The highest BCUT2D eigenvalue weighted by Crippen LogP contribution is 2.26. The molecule has 3 rings (SSSR count). The van der Waals surface area contributed by atoms with Crippen molar-refractivity contribution in [3.8, 4) is 5.75 Å². The number of amides is 2. The maximum atomic E-state index is 14.1. The van der Waals surface area contributed by atoms with Crippen LogP contribution >= 0.6 is 15.9 Å². The Morgan fingerprint density at radius 1 is 0.975 bits per heavy atom. The number of rotatable bonds is 13. The van der Waals surface area contributed by atoms with Gasteiger partial charge in [-0.1, -0.05) is 67.0 Å². The van der Waals surface area contributed by atoms with Crippen LogP contribution in [0.3, 0.4) is 0 Å². The molecule has 0 fully saturated rings. The Balaban J connectivity index is 2.04. The first-order valence-electron chi connectivity index (χ1n) is 13.1. The monoisotopic (exact) mass is 629 g/mol. The predicted octanol–water partition coefficient (Wildman–Crippen LogP) is 5.23. The van der Waals surface area contributed by atoms with Gasteiger partial charge in [-0.05, 0) is 66.4 Å². The van der Waals surface area contributed by atoms with Gasteiger partial charge >= 0.3 is 0 Å². The third-order valence-electron chi connectivity index (χ3n) is 6.28. The summed E-state index contributed by atoms with van der Waals surface area (Å²) >= 11 is 3.38. The average molecular weight is 631 g/mol.